The average molecular weight is 557 g/mol. The van der Waals surface area contributed by atoms with E-state index < -0.39 is 23.4 Å². The van der Waals surface area contributed by atoms with Gasteiger partial charge in [-0.3, -0.25) is 14.4 Å². The van der Waals surface area contributed by atoms with Crippen LogP contribution in [-0.2, 0) is 10.2 Å². The number of anilines is 1. The number of amides is 1. The number of carbonyl (C=O) groups excluding carboxylic acids is 3. The van der Waals surface area contributed by atoms with Crippen LogP contribution in [0.5, 0.6) is 11.5 Å². The van der Waals surface area contributed by atoms with Gasteiger partial charge >= 0.3 is 0 Å². The summed E-state index contributed by atoms with van der Waals surface area (Å²) in [5.74, 6) is -0.930. The molecular formula is C35H28N2O5. The molecule has 1 amide bonds. The van der Waals surface area contributed by atoms with Crippen molar-refractivity contribution in [2.75, 3.05) is 19.5 Å². The van der Waals surface area contributed by atoms with Crippen molar-refractivity contribution < 1.29 is 23.9 Å². The fourth-order valence-electron chi connectivity index (χ4n) is 7.11. The van der Waals surface area contributed by atoms with E-state index in [1.165, 1.54) is 7.11 Å². The number of hydrogen-bond acceptors (Lipinski definition) is 6. The maximum absolute atomic E-state index is 14.9. The fourth-order valence-corrected chi connectivity index (χ4v) is 7.11. The largest absolute Gasteiger partial charge is 0.497 e. The Kier molecular flexibility index (Phi) is 5.97. The maximum Gasteiger partial charge on any atom is 0.238 e. The number of rotatable bonds is 6. The molecule has 0 radical (unpaired) electrons. The second-order valence-corrected chi connectivity index (χ2v) is 10.7. The summed E-state index contributed by atoms with van der Waals surface area (Å²) in [6.07, 6.45) is 3.81. The van der Waals surface area contributed by atoms with Crippen molar-refractivity contribution in [2.45, 2.75) is 17.5 Å². The van der Waals surface area contributed by atoms with Crippen LogP contribution in [0.25, 0.3) is 6.08 Å². The Morgan fingerprint density at radius 2 is 1.52 bits per heavy atom. The molecule has 0 bridgehead atoms. The zero-order valence-corrected chi connectivity index (χ0v) is 23.1. The van der Waals surface area contributed by atoms with E-state index in [0.717, 1.165) is 11.1 Å². The Hall–Kier alpha value is -5.17. The minimum absolute atomic E-state index is 0.289. The third-order valence-corrected chi connectivity index (χ3v) is 8.87. The molecule has 208 valence electrons. The molecule has 7 nitrogen and oxygen atoms in total. The Morgan fingerprint density at radius 1 is 0.810 bits per heavy atom. The molecule has 1 saturated heterocycles. The van der Waals surface area contributed by atoms with Crippen molar-refractivity contribution >= 4 is 29.2 Å². The zero-order valence-electron chi connectivity index (χ0n) is 23.1. The number of hydrogen-bond donors (Lipinski definition) is 1. The molecule has 7 rings (SSSR count). The summed E-state index contributed by atoms with van der Waals surface area (Å²) in [6.45, 7) is 0. The Labute approximate surface area is 243 Å². The maximum atomic E-state index is 14.9. The van der Waals surface area contributed by atoms with E-state index in [0.29, 0.717) is 33.9 Å². The van der Waals surface area contributed by atoms with Crippen LogP contribution in [0.2, 0.25) is 0 Å². The fraction of sp³-hybridized carbons (Fsp3) is 0.171. The van der Waals surface area contributed by atoms with Crippen LogP contribution in [0.4, 0.5) is 5.69 Å². The van der Waals surface area contributed by atoms with Gasteiger partial charge in [0.25, 0.3) is 0 Å². The number of nitrogens with zero attached hydrogens (tertiary/aromatic N) is 1. The topological polar surface area (TPSA) is 84.9 Å². The van der Waals surface area contributed by atoms with E-state index in [9.17, 15) is 14.4 Å². The van der Waals surface area contributed by atoms with Gasteiger partial charge in [0, 0.05) is 17.5 Å². The predicted octanol–water partition coefficient (Wildman–Crippen LogP) is 5.69. The summed E-state index contributed by atoms with van der Waals surface area (Å²) in [6, 6.07) is 27.6. The SMILES string of the molecule is COc1ccc(C(=O)[C@@H]2[C@H](C(=O)c3ccccc3OC)N3C=Cc4ccccc4[C@@H]3[C@@]23C(=O)Nc2ccccc23)cc1. The average Bonchev–Trinajstić information content (AvgIpc) is 3.52. The molecule has 4 aromatic rings. The predicted molar refractivity (Wildman–Crippen MR) is 159 cm³/mol. The Morgan fingerprint density at radius 3 is 2.31 bits per heavy atom. The van der Waals surface area contributed by atoms with Crippen molar-refractivity contribution in [1.29, 1.82) is 0 Å². The molecular weight excluding hydrogens is 528 g/mol. The number of para-hydroxylation sites is 2. The number of ether oxygens (including phenoxy) is 2. The second-order valence-electron chi connectivity index (χ2n) is 10.7. The van der Waals surface area contributed by atoms with Gasteiger partial charge in [-0.25, -0.2) is 0 Å². The number of fused-ring (bicyclic) bond motifs is 6. The second kappa shape index (κ2) is 9.73. The van der Waals surface area contributed by atoms with E-state index >= 15 is 0 Å². The molecule has 3 heterocycles. The van der Waals surface area contributed by atoms with Gasteiger partial charge in [0.2, 0.25) is 5.91 Å². The number of benzene rings is 4. The Bertz CT molecular complexity index is 1780. The molecule has 4 aromatic carbocycles. The van der Waals surface area contributed by atoms with Crippen molar-refractivity contribution in [1.82, 2.24) is 4.90 Å². The van der Waals surface area contributed by atoms with Crippen LogP contribution in [0.3, 0.4) is 0 Å². The molecule has 0 saturated carbocycles. The first kappa shape index (κ1) is 25.8. The summed E-state index contributed by atoms with van der Waals surface area (Å²) in [5.41, 5.74) is 2.53. The van der Waals surface area contributed by atoms with Crippen LogP contribution in [0.15, 0.2) is 103 Å². The first-order valence-corrected chi connectivity index (χ1v) is 13.8. The highest BCUT2D eigenvalue weighted by Gasteiger charge is 2.70. The third-order valence-electron chi connectivity index (χ3n) is 8.87. The Balaban J connectivity index is 1.53. The van der Waals surface area contributed by atoms with Crippen LogP contribution in [0, 0.1) is 5.92 Å². The number of ketones is 2. The molecule has 1 fully saturated rings. The molecule has 0 aromatic heterocycles. The summed E-state index contributed by atoms with van der Waals surface area (Å²) in [5, 5.41) is 3.07. The van der Waals surface area contributed by atoms with E-state index in [1.54, 1.807) is 55.6 Å². The molecule has 3 aliphatic heterocycles. The lowest BCUT2D eigenvalue weighted by Crippen LogP contribution is -2.49. The minimum atomic E-state index is -1.39. The van der Waals surface area contributed by atoms with E-state index in [4.69, 9.17) is 9.47 Å². The van der Waals surface area contributed by atoms with Gasteiger partial charge < -0.3 is 19.7 Å². The van der Waals surface area contributed by atoms with Gasteiger partial charge in [-0.15, -0.1) is 0 Å². The van der Waals surface area contributed by atoms with Crippen molar-refractivity contribution in [2.24, 2.45) is 5.92 Å². The van der Waals surface area contributed by atoms with E-state index in [1.807, 2.05) is 65.7 Å². The standard InChI is InChI=1S/C35H28N2O5/c1-41-23-17-15-22(16-18-23)31(38)29-30(32(39)25-11-5-8-14-28(25)42-2)37-20-19-21-9-3-4-10-24(21)33(37)35(29)26-12-6-7-13-27(26)36-34(35)40/h3-20,29-30,33H,1-2H3,(H,36,40)/t29-,30+,33+,35-/m0/s1. The number of carbonyl (C=O) groups is 3. The summed E-state index contributed by atoms with van der Waals surface area (Å²) in [4.78, 5) is 46.0. The monoisotopic (exact) mass is 556 g/mol. The molecule has 0 aliphatic carbocycles. The molecule has 4 atom stereocenters. The van der Waals surface area contributed by atoms with Crippen molar-refractivity contribution in [3.05, 3.63) is 131 Å². The van der Waals surface area contributed by atoms with Gasteiger partial charge in [-0.2, -0.15) is 0 Å². The molecule has 0 unspecified atom stereocenters. The smallest absolute Gasteiger partial charge is 0.238 e. The molecule has 3 aliphatic rings. The van der Waals surface area contributed by atoms with Crippen LogP contribution < -0.4 is 14.8 Å². The van der Waals surface area contributed by atoms with Gasteiger partial charge in [0.15, 0.2) is 11.6 Å². The third kappa shape index (κ3) is 3.49. The number of methoxy groups -OCH3 is 2. The van der Waals surface area contributed by atoms with Gasteiger partial charge in [-0.1, -0.05) is 54.6 Å². The minimum Gasteiger partial charge on any atom is -0.497 e. The highest BCUT2D eigenvalue weighted by molar-refractivity contribution is 6.17. The van der Waals surface area contributed by atoms with E-state index in [-0.39, 0.29) is 17.5 Å². The zero-order chi connectivity index (χ0) is 29.0. The van der Waals surface area contributed by atoms with Crippen molar-refractivity contribution in [3.63, 3.8) is 0 Å². The number of Topliss-reactive ketones (excluding diaryl/α,β-unsaturated/α-hetero) is 2. The van der Waals surface area contributed by atoms with Gasteiger partial charge in [0.05, 0.1) is 31.7 Å². The van der Waals surface area contributed by atoms with Gasteiger partial charge in [0.1, 0.15) is 23.0 Å². The normalized spacial score (nSPS) is 23.1. The highest BCUT2D eigenvalue weighted by Crippen LogP contribution is 2.62. The first-order valence-electron chi connectivity index (χ1n) is 13.8. The molecule has 1 N–H and O–H groups in total. The van der Waals surface area contributed by atoms with Crippen LogP contribution in [0.1, 0.15) is 43.4 Å². The number of nitrogens with one attached hydrogen (secondary N) is 1. The summed E-state index contributed by atoms with van der Waals surface area (Å²) < 4.78 is 10.9. The van der Waals surface area contributed by atoms with E-state index in [2.05, 4.69) is 5.32 Å². The quantitative estimate of drug-likeness (QED) is 0.308. The molecule has 7 heteroatoms. The summed E-state index contributed by atoms with van der Waals surface area (Å²) >= 11 is 0. The summed E-state index contributed by atoms with van der Waals surface area (Å²) in [7, 11) is 3.08. The van der Waals surface area contributed by atoms with Gasteiger partial charge in [-0.05, 0) is 65.2 Å². The highest BCUT2D eigenvalue weighted by atomic mass is 16.5. The lowest BCUT2D eigenvalue weighted by atomic mass is 9.62. The lowest BCUT2D eigenvalue weighted by molar-refractivity contribution is -0.122. The van der Waals surface area contributed by atoms with Crippen LogP contribution >= 0.6 is 0 Å². The molecule has 1 spiro atoms. The van der Waals surface area contributed by atoms with Crippen molar-refractivity contribution in [3.8, 4) is 11.5 Å². The lowest BCUT2D eigenvalue weighted by Gasteiger charge is -2.38. The molecule has 42 heavy (non-hydrogen) atoms. The first-order chi connectivity index (χ1) is 20.5. The van der Waals surface area contributed by atoms with Crippen LogP contribution in [-0.4, -0.2) is 42.6 Å².